The number of esters is 2. The summed E-state index contributed by atoms with van der Waals surface area (Å²) < 4.78 is 17.5. The molecule has 0 aromatic carbocycles. The molecule has 5 heteroatoms. The molecular formula is C61H110O5. The Labute approximate surface area is 411 Å². The summed E-state index contributed by atoms with van der Waals surface area (Å²) >= 11 is 0. The maximum absolute atomic E-state index is 12.8. The third-order valence-electron chi connectivity index (χ3n) is 12.5. The Hall–Kier alpha value is -2.40. The average Bonchev–Trinajstić information content (AvgIpc) is 3.32. The molecule has 0 spiro atoms. The Bertz CT molecular complexity index is 1130. The van der Waals surface area contributed by atoms with Gasteiger partial charge in [0.1, 0.15) is 6.61 Å². The standard InChI is InChI=1S/C61H110O5/c1-4-7-10-13-16-19-22-25-28-30-31-32-34-36-39-42-45-48-51-54-60(62)65-58-59(57-64-56-53-50-47-44-41-38-35-29-26-23-20-17-14-11-8-5-2)66-61(63)55-52-49-46-43-40-37-33-27-24-21-18-15-12-9-6-3/h8,11,17,20,25-29,33,59H,4-7,9-10,12-16,18-19,21-24,30-32,34-58H2,1-3H3/b11-8-,20-17-,28-25-,29-26-,33-27-. The third kappa shape index (κ3) is 54.2. The van der Waals surface area contributed by atoms with Crippen LogP contribution in [0, 0.1) is 0 Å². The first-order chi connectivity index (χ1) is 32.6. The summed E-state index contributed by atoms with van der Waals surface area (Å²) in [7, 11) is 0. The third-order valence-corrected chi connectivity index (χ3v) is 12.5. The summed E-state index contributed by atoms with van der Waals surface area (Å²) in [5.74, 6) is -0.406. The van der Waals surface area contributed by atoms with Crippen molar-refractivity contribution in [2.45, 2.75) is 297 Å². The van der Waals surface area contributed by atoms with Crippen LogP contribution in [0.5, 0.6) is 0 Å². The highest BCUT2D eigenvalue weighted by Gasteiger charge is 2.17. The zero-order valence-corrected chi connectivity index (χ0v) is 44.2. The van der Waals surface area contributed by atoms with Gasteiger partial charge in [-0.3, -0.25) is 9.59 Å². The molecule has 384 valence electrons. The quantitative estimate of drug-likeness (QED) is 0.0346. The lowest BCUT2D eigenvalue weighted by molar-refractivity contribution is -0.163. The zero-order valence-electron chi connectivity index (χ0n) is 44.2. The Morgan fingerprint density at radius 1 is 0.348 bits per heavy atom. The molecule has 5 nitrogen and oxygen atoms in total. The van der Waals surface area contributed by atoms with Gasteiger partial charge in [0.25, 0.3) is 0 Å². The molecule has 0 aromatic heterocycles. The summed E-state index contributed by atoms with van der Waals surface area (Å²) in [6.45, 7) is 7.71. The van der Waals surface area contributed by atoms with Crippen LogP contribution in [-0.2, 0) is 23.8 Å². The molecule has 1 unspecified atom stereocenters. The molecule has 0 radical (unpaired) electrons. The maximum atomic E-state index is 12.8. The molecular weight excluding hydrogens is 813 g/mol. The van der Waals surface area contributed by atoms with E-state index in [1.807, 2.05) is 0 Å². The predicted molar refractivity (Wildman–Crippen MR) is 288 cm³/mol. The highest BCUT2D eigenvalue weighted by molar-refractivity contribution is 5.70. The van der Waals surface area contributed by atoms with Crippen LogP contribution in [-0.4, -0.2) is 37.9 Å². The number of ether oxygens (including phenoxy) is 3. The Morgan fingerprint density at radius 2 is 0.682 bits per heavy atom. The lowest BCUT2D eigenvalue weighted by Gasteiger charge is -2.18. The second kappa shape index (κ2) is 56.9. The van der Waals surface area contributed by atoms with Crippen LogP contribution < -0.4 is 0 Å². The number of carbonyl (C=O) groups is 2. The predicted octanol–water partition coefficient (Wildman–Crippen LogP) is 19.7. The van der Waals surface area contributed by atoms with Crippen molar-refractivity contribution in [1.29, 1.82) is 0 Å². The van der Waals surface area contributed by atoms with Crippen molar-refractivity contribution < 1.29 is 23.8 Å². The molecule has 0 fully saturated rings. The number of rotatable bonds is 53. The molecule has 0 bridgehead atoms. The molecule has 0 aliphatic carbocycles. The molecule has 0 heterocycles. The highest BCUT2D eigenvalue weighted by atomic mass is 16.6. The number of hydrogen-bond donors (Lipinski definition) is 0. The fraction of sp³-hybridized carbons (Fsp3) is 0.803. The van der Waals surface area contributed by atoms with E-state index in [4.69, 9.17) is 14.2 Å². The van der Waals surface area contributed by atoms with E-state index in [2.05, 4.69) is 81.5 Å². The summed E-state index contributed by atoms with van der Waals surface area (Å²) in [5, 5.41) is 0. The second-order valence-corrected chi connectivity index (χ2v) is 19.2. The highest BCUT2D eigenvalue weighted by Crippen LogP contribution is 2.15. The van der Waals surface area contributed by atoms with Crippen molar-refractivity contribution in [2.75, 3.05) is 19.8 Å². The summed E-state index contributed by atoms with van der Waals surface area (Å²) in [6, 6.07) is 0. The minimum atomic E-state index is -0.549. The molecule has 0 aliphatic heterocycles. The lowest BCUT2D eigenvalue weighted by Crippen LogP contribution is -2.30. The van der Waals surface area contributed by atoms with Crippen molar-refractivity contribution in [3.8, 4) is 0 Å². The van der Waals surface area contributed by atoms with Gasteiger partial charge in [0.2, 0.25) is 0 Å². The van der Waals surface area contributed by atoms with E-state index in [-0.39, 0.29) is 25.2 Å². The van der Waals surface area contributed by atoms with E-state index in [0.717, 1.165) is 77.0 Å². The van der Waals surface area contributed by atoms with Crippen LogP contribution in [0.25, 0.3) is 0 Å². The van der Waals surface area contributed by atoms with Gasteiger partial charge in [-0.15, -0.1) is 0 Å². The fourth-order valence-electron chi connectivity index (χ4n) is 8.22. The molecule has 0 saturated carbocycles. The molecule has 0 amide bonds. The van der Waals surface area contributed by atoms with Gasteiger partial charge in [0.05, 0.1) is 6.61 Å². The van der Waals surface area contributed by atoms with Gasteiger partial charge in [-0.2, -0.15) is 0 Å². The second-order valence-electron chi connectivity index (χ2n) is 19.2. The summed E-state index contributed by atoms with van der Waals surface area (Å²) in [4.78, 5) is 25.5. The van der Waals surface area contributed by atoms with E-state index in [0.29, 0.717) is 19.4 Å². The average molecular weight is 924 g/mol. The zero-order chi connectivity index (χ0) is 47.7. The van der Waals surface area contributed by atoms with Crippen molar-refractivity contribution in [1.82, 2.24) is 0 Å². The first-order valence-corrected chi connectivity index (χ1v) is 28.8. The van der Waals surface area contributed by atoms with Gasteiger partial charge in [-0.05, 0) is 103 Å². The molecule has 1 atom stereocenters. The first kappa shape index (κ1) is 63.6. The van der Waals surface area contributed by atoms with E-state index in [9.17, 15) is 9.59 Å². The van der Waals surface area contributed by atoms with E-state index in [1.54, 1.807) is 0 Å². The lowest BCUT2D eigenvalue weighted by atomic mass is 10.1. The van der Waals surface area contributed by atoms with Crippen molar-refractivity contribution in [3.05, 3.63) is 60.8 Å². The minimum Gasteiger partial charge on any atom is -0.462 e. The van der Waals surface area contributed by atoms with Gasteiger partial charge in [0.15, 0.2) is 6.10 Å². The Balaban J connectivity index is 4.27. The van der Waals surface area contributed by atoms with Crippen molar-refractivity contribution in [3.63, 3.8) is 0 Å². The molecule has 66 heavy (non-hydrogen) atoms. The van der Waals surface area contributed by atoms with E-state index >= 15 is 0 Å². The number of hydrogen-bond acceptors (Lipinski definition) is 5. The van der Waals surface area contributed by atoms with Crippen LogP contribution in [0.3, 0.4) is 0 Å². The topological polar surface area (TPSA) is 61.8 Å². The number of unbranched alkanes of at least 4 members (excludes halogenated alkanes) is 32. The van der Waals surface area contributed by atoms with Gasteiger partial charge in [-0.1, -0.05) is 236 Å². The van der Waals surface area contributed by atoms with Crippen molar-refractivity contribution in [2.24, 2.45) is 0 Å². The van der Waals surface area contributed by atoms with Gasteiger partial charge in [0, 0.05) is 19.4 Å². The Morgan fingerprint density at radius 3 is 1.11 bits per heavy atom. The molecule has 0 aliphatic rings. The molecule has 0 aromatic rings. The minimum absolute atomic E-state index is 0.0763. The van der Waals surface area contributed by atoms with Gasteiger partial charge >= 0.3 is 11.9 Å². The number of carbonyl (C=O) groups excluding carboxylic acids is 2. The van der Waals surface area contributed by atoms with E-state index in [1.165, 1.54) is 180 Å². The molecule has 0 rings (SSSR count). The first-order valence-electron chi connectivity index (χ1n) is 28.8. The summed E-state index contributed by atoms with van der Waals surface area (Å²) in [6.07, 6.45) is 72.4. The monoisotopic (exact) mass is 923 g/mol. The van der Waals surface area contributed by atoms with Crippen LogP contribution in [0.1, 0.15) is 290 Å². The van der Waals surface area contributed by atoms with E-state index < -0.39 is 6.10 Å². The van der Waals surface area contributed by atoms with Crippen LogP contribution >= 0.6 is 0 Å². The summed E-state index contributed by atoms with van der Waals surface area (Å²) in [5.41, 5.74) is 0. The van der Waals surface area contributed by atoms with Crippen LogP contribution in [0.15, 0.2) is 60.8 Å². The van der Waals surface area contributed by atoms with Gasteiger partial charge in [-0.25, -0.2) is 0 Å². The van der Waals surface area contributed by atoms with Gasteiger partial charge < -0.3 is 14.2 Å². The SMILES string of the molecule is CC/C=C\C/C=C\C/C=C\CCCCCCCCOCC(COC(=O)CCCCCCCCCCC/C=C\CCCCCCCC)OC(=O)CCCCCCC/C=C\CCCCCCCC. The molecule has 0 saturated heterocycles. The molecule has 0 N–H and O–H groups in total. The number of allylic oxidation sites excluding steroid dienone is 10. The largest absolute Gasteiger partial charge is 0.462 e. The Kier molecular flexibility index (Phi) is 54.9. The smallest absolute Gasteiger partial charge is 0.306 e. The maximum Gasteiger partial charge on any atom is 0.306 e. The normalized spacial score (nSPS) is 12.6. The van der Waals surface area contributed by atoms with Crippen molar-refractivity contribution >= 4 is 11.9 Å². The van der Waals surface area contributed by atoms with Crippen LogP contribution in [0.4, 0.5) is 0 Å². The fourth-order valence-corrected chi connectivity index (χ4v) is 8.22. The van der Waals surface area contributed by atoms with Crippen LogP contribution in [0.2, 0.25) is 0 Å².